The van der Waals surface area contributed by atoms with Crippen LogP contribution in [-0.4, -0.2) is 7.25 Å². The van der Waals surface area contributed by atoms with Gasteiger partial charge in [0.05, 0.1) is 0 Å². The van der Waals surface area contributed by atoms with Gasteiger partial charge in [-0.2, -0.15) is 0 Å². The highest BCUT2D eigenvalue weighted by Crippen LogP contribution is 2.06. The van der Waals surface area contributed by atoms with E-state index in [1.807, 2.05) is 36.4 Å². The molecule has 0 saturated heterocycles. The van der Waals surface area contributed by atoms with Gasteiger partial charge >= 0.3 is 8.68 Å². The minimum atomic E-state index is -6.00. The Hall–Kier alpha value is -0.995. The topological polar surface area (TPSA) is 0 Å². The Morgan fingerprint density at radius 1 is 0.636 bits per heavy atom. The lowest BCUT2D eigenvalue weighted by Crippen LogP contribution is -2.02. The molecule has 0 aliphatic rings. The van der Waals surface area contributed by atoms with E-state index >= 15 is 0 Å². The maximum absolute atomic E-state index is 9.75. The summed E-state index contributed by atoms with van der Waals surface area (Å²) in [6.45, 7) is 0. The molecule has 5 heteroatoms. The van der Waals surface area contributed by atoms with Crippen molar-refractivity contribution in [2.75, 3.05) is 0 Å². The van der Waals surface area contributed by atoms with Crippen LogP contribution in [0.2, 0.25) is 0 Å². The van der Waals surface area contributed by atoms with Crippen LogP contribution >= 0.6 is 0 Å². The van der Waals surface area contributed by atoms with Gasteiger partial charge in [-0.3, -0.25) is 0 Å². The average Bonchev–Trinajstić information content (AvgIpc) is 1.88. The Morgan fingerprint density at radius 2 is 0.727 bits per heavy atom. The van der Waals surface area contributed by atoms with Crippen molar-refractivity contribution in [3.63, 3.8) is 0 Å². The largest absolute Gasteiger partial charge is 1.00 e. The molecule has 0 amide bonds. The molecule has 0 spiro atoms. The van der Waals surface area contributed by atoms with E-state index in [1.54, 1.807) is 0 Å². The van der Waals surface area contributed by atoms with E-state index in [0.29, 0.717) is 0 Å². The maximum Gasteiger partial charge on any atom is 1.00 e. The first-order valence-electron chi connectivity index (χ1n) is 2.87. The van der Waals surface area contributed by atoms with Crippen molar-refractivity contribution < 1.29 is 18.7 Å². The number of rotatable bonds is 0. The first kappa shape index (κ1) is 10.0. The summed E-state index contributed by atoms with van der Waals surface area (Å²) in [6.07, 6.45) is 0. The van der Waals surface area contributed by atoms with Gasteiger partial charge in [-0.05, 0) is 0 Å². The highest BCUT2D eigenvalue weighted by atomic mass is 19.5. The SMILES string of the molecule is F[B-](F)(F)F.[H+].c1ccccc1. The predicted octanol–water partition coefficient (Wildman–Crippen LogP) is 3.10. The zero-order chi connectivity index (χ0) is 8.74. The van der Waals surface area contributed by atoms with Gasteiger partial charge in [0.25, 0.3) is 0 Å². The molecule has 11 heavy (non-hydrogen) atoms. The number of halogens is 4. The summed E-state index contributed by atoms with van der Waals surface area (Å²) in [4.78, 5) is 0. The van der Waals surface area contributed by atoms with E-state index in [1.165, 1.54) is 0 Å². The van der Waals surface area contributed by atoms with E-state index in [-0.39, 0.29) is 1.43 Å². The summed E-state index contributed by atoms with van der Waals surface area (Å²) in [7, 11) is -6.00. The molecule has 0 heterocycles. The molecule has 0 unspecified atom stereocenters. The summed E-state index contributed by atoms with van der Waals surface area (Å²) in [5, 5.41) is 0. The molecule has 0 saturated carbocycles. The summed E-state index contributed by atoms with van der Waals surface area (Å²) < 4.78 is 39.0. The highest BCUT2D eigenvalue weighted by molar-refractivity contribution is 6.50. The molecule has 1 rings (SSSR count). The molecule has 0 aliphatic heterocycles. The van der Waals surface area contributed by atoms with Gasteiger partial charge in [0.1, 0.15) is 0 Å². The molecule has 0 aromatic heterocycles. The normalized spacial score (nSPS) is 9.82. The van der Waals surface area contributed by atoms with E-state index in [9.17, 15) is 17.3 Å². The van der Waals surface area contributed by atoms with Crippen LogP contribution in [0.5, 0.6) is 0 Å². The predicted molar refractivity (Wildman–Crippen MR) is 37.7 cm³/mol. The van der Waals surface area contributed by atoms with Crippen LogP contribution < -0.4 is 0 Å². The second-order valence-electron chi connectivity index (χ2n) is 1.65. The molecule has 0 fully saturated rings. The lowest BCUT2D eigenvalue weighted by Gasteiger charge is -1.94. The van der Waals surface area contributed by atoms with E-state index in [2.05, 4.69) is 0 Å². The van der Waals surface area contributed by atoms with Crippen molar-refractivity contribution in [2.45, 2.75) is 0 Å². The van der Waals surface area contributed by atoms with Crippen molar-refractivity contribution in [3.8, 4) is 0 Å². The highest BCUT2D eigenvalue weighted by Gasteiger charge is 2.20. The van der Waals surface area contributed by atoms with Gasteiger partial charge in [-0.1, -0.05) is 36.4 Å². The van der Waals surface area contributed by atoms with Gasteiger partial charge in [0.15, 0.2) is 0 Å². The Kier molecular flexibility index (Phi) is 4.33. The zero-order valence-corrected chi connectivity index (χ0v) is 5.55. The summed E-state index contributed by atoms with van der Waals surface area (Å²) in [5.74, 6) is 0. The van der Waals surface area contributed by atoms with Crippen LogP contribution in [0.4, 0.5) is 17.3 Å². The average molecular weight is 166 g/mol. The fourth-order valence-corrected chi connectivity index (χ4v) is 0.385. The molecule has 0 N–H and O–H groups in total. The third-order valence-corrected chi connectivity index (χ3v) is 0.667. The van der Waals surface area contributed by atoms with Crippen LogP contribution in [0.1, 0.15) is 1.43 Å². The van der Waals surface area contributed by atoms with Crippen molar-refractivity contribution in [1.29, 1.82) is 0 Å². The Morgan fingerprint density at radius 3 is 0.818 bits per heavy atom. The standard InChI is InChI=1S/C6H6.BF4/c1-2-4-6-5-3-1;2-1(3,4)5/h1-6H;/q;-1/p+1. The Balaban J connectivity index is 0. The molecular weight excluding hydrogens is 159 g/mol. The molecule has 0 radical (unpaired) electrons. The fraction of sp³-hybridized carbons (Fsp3) is 0. The third-order valence-electron chi connectivity index (χ3n) is 0.667. The Bertz CT molecular complexity index is 144. The summed E-state index contributed by atoms with van der Waals surface area (Å²) in [6, 6.07) is 12.0. The van der Waals surface area contributed by atoms with Gasteiger partial charge in [0.2, 0.25) is 0 Å². The number of hydrogen-bond acceptors (Lipinski definition) is 0. The van der Waals surface area contributed by atoms with Crippen molar-refractivity contribution >= 4 is 7.25 Å². The molecular formula is C6H7BF4. The van der Waals surface area contributed by atoms with Crippen LogP contribution in [-0.2, 0) is 0 Å². The van der Waals surface area contributed by atoms with Crippen molar-refractivity contribution in [2.24, 2.45) is 0 Å². The molecule has 1 aromatic rings. The third kappa shape index (κ3) is 17.6. The van der Waals surface area contributed by atoms with Crippen molar-refractivity contribution in [3.05, 3.63) is 36.4 Å². The molecule has 1 aromatic carbocycles. The number of hydrogen-bond donors (Lipinski definition) is 0. The van der Waals surface area contributed by atoms with Gasteiger partial charge < -0.3 is 17.3 Å². The second kappa shape index (κ2) is 4.76. The molecule has 0 atom stereocenters. The molecule has 0 bridgehead atoms. The lowest BCUT2D eigenvalue weighted by molar-refractivity contribution is 0.368. The van der Waals surface area contributed by atoms with Crippen LogP contribution in [0.25, 0.3) is 0 Å². The monoisotopic (exact) mass is 166 g/mol. The minimum Gasteiger partial charge on any atom is -0.418 e. The molecule has 62 valence electrons. The van der Waals surface area contributed by atoms with Crippen LogP contribution in [0.3, 0.4) is 0 Å². The van der Waals surface area contributed by atoms with E-state index in [4.69, 9.17) is 0 Å². The second-order valence-corrected chi connectivity index (χ2v) is 1.65. The quantitative estimate of drug-likeness (QED) is 0.410. The maximum atomic E-state index is 9.75. The van der Waals surface area contributed by atoms with Crippen LogP contribution in [0.15, 0.2) is 36.4 Å². The lowest BCUT2D eigenvalue weighted by atomic mass is 10.3. The summed E-state index contributed by atoms with van der Waals surface area (Å²) >= 11 is 0. The van der Waals surface area contributed by atoms with E-state index in [0.717, 1.165) is 0 Å². The Labute approximate surface area is 63.4 Å². The number of benzene rings is 1. The van der Waals surface area contributed by atoms with Gasteiger partial charge in [-0.15, -0.1) is 0 Å². The first-order chi connectivity index (χ1) is 5.00. The van der Waals surface area contributed by atoms with Gasteiger partial charge in [0, 0.05) is 0 Å². The zero-order valence-electron chi connectivity index (χ0n) is 6.55. The smallest absolute Gasteiger partial charge is 0.418 e. The minimum absolute atomic E-state index is 0. The first-order valence-corrected chi connectivity index (χ1v) is 2.87. The molecule has 0 nitrogen and oxygen atoms in total. The summed E-state index contributed by atoms with van der Waals surface area (Å²) in [5.41, 5.74) is 0. The van der Waals surface area contributed by atoms with Gasteiger partial charge in [-0.25, -0.2) is 0 Å². The van der Waals surface area contributed by atoms with Crippen molar-refractivity contribution in [1.82, 2.24) is 0 Å². The fourth-order valence-electron chi connectivity index (χ4n) is 0.385. The van der Waals surface area contributed by atoms with E-state index < -0.39 is 7.25 Å². The molecule has 0 aliphatic carbocycles. The van der Waals surface area contributed by atoms with Crippen LogP contribution in [0, 0.1) is 0 Å².